The van der Waals surface area contributed by atoms with Crippen LogP contribution in [0, 0.1) is 5.82 Å². The van der Waals surface area contributed by atoms with Gasteiger partial charge in [-0.25, -0.2) is 4.39 Å². The Balaban J connectivity index is 1.43. The molecule has 2 aromatic carbocycles. The van der Waals surface area contributed by atoms with E-state index in [9.17, 15) is 9.50 Å². The Bertz CT molecular complexity index is 1280. The average molecular weight is 463 g/mol. The van der Waals surface area contributed by atoms with Gasteiger partial charge in [0.1, 0.15) is 0 Å². The van der Waals surface area contributed by atoms with Crippen LogP contribution in [0.1, 0.15) is 18.4 Å². The molecule has 0 bridgehead atoms. The van der Waals surface area contributed by atoms with Gasteiger partial charge in [-0.3, -0.25) is 9.97 Å². The van der Waals surface area contributed by atoms with Gasteiger partial charge >= 0.3 is 0 Å². The maximum Gasteiger partial charge on any atom is 0.170 e. The fraction of sp³-hybridized carbons (Fsp3) is 0.231. The zero-order valence-corrected chi connectivity index (χ0v) is 18.8. The number of rotatable bonds is 6. The minimum atomic E-state index is -0.751. The number of anilines is 2. The van der Waals surface area contributed by atoms with E-state index in [0.717, 1.165) is 40.8 Å². The molecule has 168 valence electrons. The molecule has 2 aromatic heterocycles. The van der Waals surface area contributed by atoms with Crippen molar-refractivity contribution in [2.24, 2.45) is 0 Å². The first kappa shape index (κ1) is 21.6. The lowest BCUT2D eigenvalue weighted by molar-refractivity contribution is 0.343. The van der Waals surface area contributed by atoms with Crippen LogP contribution in [0.15, 0.2) is 61.1 Å². The molecule has 2 N–H and O–H groups in total. The van der Waals surface area contributed by atoms with Crippen LogP contribution in [0.2, 0.25) is 5.02 Å². The number of phenolic OH excluding ortho intramolecular Hbond substituents is 1. The van der Waals surface area contributed by atoms with Gasteiger partial charge in [-0.05, 0) is 85.4 Å². The first-order chi connectivity index (χ1) is 16.1. The van der Waals surface area contributed by atoms with Crippen LogP contribution in [0.25, 0.3) is 22.0 Å². The highest BCUT2D eigenvalue weighted by molar-refractivity contribution is 6.32. The van der Waals surface area contributed by atoms with Crippen LogP contribution in [-0.4, -0.2) is 39.6 Å². The predicted octanol–water partition coefficient (Wildman–Crippen LogP) is 6.18. The summed E-state index contributed by atoms with van der Waals surface area (Å²) in [5, 5.41) is 14.0. The lowest BCUT2D eigenvalue weighted by atomic mass is 10.0. The van der Waals surface area contributed by atoms with Crippen LogP contribution in [0.3, 0.4) is 0 Å². The second-order valence-corrected chi connectivity index (χ2v) is 8.79. The SMILES string of the molecule is Oc1c(F)cc(-c2ccc3nccc(Nc4cncc(CCN5CCCC5)c4)c3c2)cc1Cl. The molecule has 0 unspecified atom stereocenters. The summed E-state index contributed by atoms with van der Waals surface area (Å²) in [6.07, 6.45) is 9.04. The first-order valence-corrected chi connectivity index (χ1v) is 11.4. The zero-order chi connectivity index (χ0) is 22.8. The number of phenols is 1. The molecule has 0 saturated carbocycles. The number of aromatic hydroxyl groups is 1. The van der Waals surface area contributed by atoms with E-state index in [1.54, 1.807) is 12.3 Å². The Morgan fingerprint density at radius 1 is 1.03 bits per heavy atom. The molecule has 1 aliphatic rings. The lowest BCUT2D eigenvalue weighted by Gasteiger charge is -2.15. The van der Waals surface area contributed by atoms with Crippen molar-refractivity contribution in [2.45, 2.75) is 19.3 Å². The van der Waals surface area contributed by atoms with Gasteiger partial charge in [-0.2, -0.15) is 0 Å². The minimum absolute atomic E-state index is 0.0218. The average Bonchev–Trinajstić information content (AvgIpc) is 3.35. The molecule has 0 amide bonds. The van der Waals surface area contributed by atoms with Gasteiger partial charge in [0.25, 0.3) is 0 Å². The molecule has 5 nitrogen and oxygen atoms in total. The molecule has 0 spiro atoms. The minimum Gasteiger partial charge on any atom is -0.504 e. The molecule has 1 saturated heterocycles. The molecular formula is C26H24ClFN4O. The Labute approximate surface area is 196 Å². The van der Waals surface area contributed by atoms with E-state index in [1.807, 2.05) is 36.7 Å². The number of benzene rings is 2. The third-order valence-corrected chi connectivity index (χ3v) is 6.37. The third kappa shape index (κ3) is 4.77. The summed E-state index contributed by atoms with van der Waals surface area (Å²) in [7, 11) is 0. The van der Waals surface area contributed by atoms with Crippen LogP contribution >= 0.6 is 11.6 Å². The normalized spacial score (nSPS) is 14.1. The topological polar surface area (TPSA) is 61.3 Å². The molecule has 3 heterocycles. The van der Waals surface area contributed by atoms with Crippen LogP contribution in [0.4, 0.5) is 15.8 Å². The monoisotopic (exact) mass is 462 g/mol. The van der Waals surface area contributed by atoms with Crippen molar-refractivity contribution in [1.82, 2.24) is 14.9 Å². The van der Waals surface area contributed by atoms with Crippen molar-refractivity contribution in [2.75, 3.05) is 25.0 Å². The molecule has 1 fully saturated rings. The van der Waals surface area contributed by atoms with Gasteiger partial charge in [0, 0.05) is 30.0 Å². The van der Waals surface area contributed by atoms with E-state index < -0.39 is 11.6 Å². The number of hydrogen-bond acceptors (Lipinski definition) is 5. The molecule has 0 atom stereocenters. The molecule has 0 radical (unpaired) electrons. The lowest BCUT2D eigenvalue weighted by Crippen LogP contribution is -2.21. The molecule has 4 aromatic rings. The highest BCUT2D eigenvalue weighted by atomic mass is 35.5. The maximum atomic E-state index is 14.0. The number of halogens is 2. The van der Waals surface area contributed by atoms with Crippen molar-refractivity contribution >= 4 is 33.9 Å². The Kier molecular flexibility index (Phi) is 6.11. The number of pyridine rings is 2. The number of aromatic nitrogens is 2. The molecule has 7 heteroatoms. The van der Waals surface area contributed by atoms with Gasteiger partial charge in [0.2, 0.25) is 0 Å². The highest BCUT2D eigenvalue weighted by Gasteiger charge is 2.13. The summed E-state index contributed by atoms with van der Waals surface area (Å²) in [5.74, 6) is -1.29. The zero-order valence-electron chi connectivity index (χ0n) is 18.1. The summed E-state index contributed by atoms with van der Waals surface area (Å²) in [6, 6.07) is 12.6. The van der Waals surface area contributed by atoms with Gasteiger partial charge in [0.05, 0.1) is 22.4 Å². The molecular weight excluding hydrogens is 439 g/mol. The molecule has 0 aliphatic carbocycles. The van der Waals surface area contributed by atoms with E-state index in [0.29, 0.717) is 5.56 Å². The van der Waals surface area contributed by atoms with Crippen molar-refractivity contribution in [3.05, 3.63) is 77.5 Å². The number of hydrogen-bond donors (Lipinski definition) is 2. The standard InChI is InChI=1S/C26H24ClFN4O/c27-22-13-19(14-23(28)26(22)33)18-3-4-24-21(12-18)25(5-7-30-24)31-20-11-17(15-29-16-20)6-10-32-8-1-2-9-32/h3-5,7,11-16,33H,1-2,6,8-10H2,(H,30,31). The summed E-state index contributed by atoms with van der Waals surface area (Å²) in [4.78, 5) is 11.4. The Hall–Kier alpha value is -3.22. The fourth-order valence-corrected chi connectivity index (χ4v) is 4.52. The summed E-state index contributed by atoms with van der Waals surface area (Å²) in [5.41, 5.74) is 5.15. The molecule has 1 aliphatic heterocycles. The first-order valence-electron chi connectivity index (χ1n) is 11.1. The number of nitrogens with one attached hydrogen (secondary N) is 1. The van der Waals surface area contributed by atoms with Crippen LogP contribution in [0.5, 0.6) is 5.75 Å². The van der Waals surface area contributed by atoms with Gasteiger partial charge < -0.3 is 15.3 Å². The third-order valence-electron chi connectivity index (χ3n) is 6.08. The highest BCUT2D eigenvalue weighted by Crippen LogP contribution is 2.35. The summed E-state index contributed by atoms with van der Waals surface area (Å²) < 4.78 is 14.0. The van der Waals surface area contributed by atoms with E-state index in [2.05, 4.69) is 26.3 Å². The Morgan fingerprint density at radius 2 is 1.88 bits per heavy atom. The van der Waals surface area contributed by atoms with Crippen molar-refractivity contribution < 1.29 is 9.50 Å². The van der Waals surface area contributed by atoms with Crippen molar-refractivity contribution in [3.63, 3.8) is 0 Å². The maximum absolute atomic E-state index is 14.0. The van der Waals surface area contributed by atoms with E-state index in [4.69, 9.17) is 11.6 Å². The van der Waals surface area contributed by atoms with E-state index >= 15 is 0 Å². The summed E-state index contributed by atoms with van der Waals surface area (Å²) in [6.45, 7) is 3.43. The Morgan fingerprint density at radius 3 is 2.70 bits per heavy atom. The van der Waals surface area contributed by atoms with E-state index in [-0.39, 0.29) is 5.02 Å². The molecule has 5 rings (SSSR count). The van der Waals surface area contributed by atoms with Crippen LogP contribution < -0.4 is 5.32 Å². The predicted molar refractivity (Wildman–Crippen MR) is 131 cm³/mol. The van der Waals surface area contributed by atoms with Crippen LogP contribution in [-0.2, 0) is 6.42 Å². The summed E-state index contributed by atoms with van der Waals surface area (Å²) >= 11 is 5.98. The second kappa shape index (κ2) is 9.33. The van der Waals surface area contributed by atoms with E-state index in [1.165, 1.54) is 37.6 Å². The molecule has 33 heavy (non-hydrogen) atoms. The fourth-order valence-electron chi connectivity index (χ4n) is 4.31. The van der Waals surface area contributed by atoms with Gasteiger partial charge in [0.15, 0.2) is 11.6 Å². The van der Waals surface area contributed by atoms with Gasteiger partial charge in [-0.1, -0.05) is 17.7 Å². The second-order valence-electron chi connectivity index (χ2n) is 8.38. The van der Waals surface area contributed by atoms with Crippen molar-refractivity contribution in [1.29, 1.82) is 0 Å². The number of nitrogens with zero attached hydrogens (tertiary/aromatic N) is 3. The van der Waals surface area contributed by atoms with Gasteiger partial charge in [-0.15, -0.1) is 0 Å². The largest absolute Gasteiger partial charge is 0.504 e. The van der Waals surface area contributed by atoms with Crippen molar-refractivity contribution in [3.8, 4) is 16.9 Å². The number of fused-ring (bicyclic) bond motifs is 1. The quantitative estimate of drug-likeness (QED) is 0.358. The smallest absolute Gasteiger partial charge is 0.170 e. The number of likely N-dealkylation sites (tertiary alicyclic amines) is 1.